The molecule has 0 aliphatic carbocycles. The fourth-order valence-electron chi connectivity index (χ4n) is 2.12. The van der Waals surface area contributed by atoms with Crippen LogP contribution in [0.15, 0.2) is 65.2 Å². The minimum absolute atomic E-state index is 0.401. The van der Waals surface area contributed by atoms with Crippen molar-refractivity contribution in [3.63, 3.8) is 0 Å². The van der Waals surface area contributed by atoms with E-state index >= 15 is 0 Å². The molecule has 2 aromatic carbocycles. The van der Waals surface area contributed by atoms with E-state index in [1.165, 1.54) is 0 Å². The summed E-state index contributed by atoms with van der Waals surface area (Å²) in [5, 5.41) is 4.07. The average molecular weight is 295 g/mol. The molecule has 0 aliphatic heterocycles. The lowest BCUT2D eigenvalue weighted by Crippen LogP contribution is -1.92. The Morgan fingerprint density at radius 3 is 2.45 bits per heavy atom. The van der Waals surface area contributed by atoms with Crippen LogP contribution in [0.4, 0.5) is 0 Å². The van der Waals surface area contributed by atoms with Crippen molar-refractivity contribution in [1.29, 1.82) is 0 Å². The fourth-order valence-corrected chi connectivity index (χ4v) is 2.12. The zero-order valence-electron chi connectivity index (χ0n) is 12.4. The van der Waals surface area contributed by atoms with E-state index in [-0.39, 0.29) is 0 Å². The molecule has 0 bridgehead atoms. The average Bonchev–Trinajstić information content (AvgIpc) is 3.05. The summed E-state index contributed by atoms with van der Waals surface area (Å²) < 4.78 is 16.1. The predicted octanol–water partition coefficient (Wildman–Crippen LogP) is 4.07. The summed E-state index contributed by atoms with van der Waals surface area (Å²) in [6, 6.07) is 19.6. The molecule has 112 valence electrons. The third-order valence-electron chi connectivity index (χ3n) is 3.30. The van der Waals surface area contributed by atoms with Crippen molar-refractivity contribution >= 4 is 0 Å². The van der Waals surface area contributed by atoms with Crippen molar-refractivity contribution in [2.45, 2.75) is 13.2 Å². The molecule has 0 fully saturated rings. The first-order chi connectivity index (χ1) is 10.8. The number of rotatable bonds is 6. The third-order valence-corrected chi connectivity index (χ3v) is 3.30. The van der Waals surface area contributed by atoms with Crippen LogP contribution in [0.5, 0.6) is 5.75 Å². The van der Waals surface area contributed by atoms with Gasteiger partial charge in [0.1, 0.15) is 18.1 Å². The van der Waals surface area contributed by atoms with E-state index in [0.29, 0.717) is 19.0 Å². The molecule has 1 aromatic heterocycles. The van der Waals surface area contributed by atoms with Gasteiger partial charge < -0.3 is 14.0 Å². The van der Waals surface area contributed by atoms with Crippen LogP contribution in [0.2, 0.25) is 0 Å². The van der Waals surface area contributed by atoms with E-state index in [2.05, 4.69) is 5.16 Å². The third kappa shape index (κ3) is 3.54. The quantitative estimate of drug-likeness (QED) is 0.687. The summed E-state index contributed by atoms with van der Waals surface area (Å²) in [4.78, 5) is 0. The highest BCUT2D eigenvalue weighted by Gasteiger charge is 2.07. The monoisotopic (exact) mass is 295 g/mol. The van der Waals surface area contributed by atoms with Gasteiger partial charge in [0.15, 0.2) is 5.76 Å². The molecular formula is C18H17NO3. The van der Waals surface area contributed by atoms with Crippen LogP contribution >= 0.6 is 0 Å². The van der Waals surface area contributed by atoms with Gasteiger partial charge in [0, 0.05) is 11.6 Å². The SMILES string of the molecule is COc1ccc(-c2cc(COCc3ccccc3)on2)cc1. The highest BCUT2D eigenvalue weighted by molar-refractivity contribution is 5.59. The van der Waals surface area contributed by atoms with Crippen LogP contribution in [0.25, 0.3) is 11.3 Å². The van der Waals surface area contributed by atoms with Crippen LogP contribution in [-0.2, 0) is 18.0 Å². The first kappa shape index (κ1) is 14.4. The van der Waals surface area contributed by atoms with Gasteiger partial charge >= 0.3 is 0 Å². The number of ether oxygens (including phenoxy) is 2. The van der Waals surface area contributed by atoms with E-state index < -0.39 is 0 Å². The van der Waals surface area contributed by atoms with E-state index in [1.807, 2.05) is 60.7 Å². The standard InChI is InChI=1S/C18H17NO3/c1-20-16-9-7-15(8-10-16)18-11-17(22-19-18)13-21-12-14-5-3-2-4-6-14/h2-11H,12-13H2,1H3. The Hall–Kier alpha value is -2.59. The molecule has 4 heteroatoms. The van der Waals surface area contributed by atoms with Crippen molar-refractivity contribution in [2.24, 2.45) is 0 Å². The van der Waals surface area contributed by atoms with Gasteiger partial charge in [-0.05, 0) is 29.8 Å². The second-order valence-electron chi connectivity index (χ2n) is 4.89. The molecule has 3 aromatic rings. The second kappa shape index (κ2) is 6.91. The predicted molar refractivity (Wildman–Crippen MR) is 83.4 cm³/mol. The van der Waals surface area contributed by atoms with E-state index in [0.717, 1.165) is 22.6 Å². The summed E-state index contributed by atoms with van der Waals surface area (Å²) in [6.07, 6.45) is 0. The maximum Gasteiger partial charge on any atom is 0.163 e. The Morgan fingerprint density at radius 2 is 1.73 bits per heavy atom. The van der Waals surface area contributed by atoms with Crippen LogP contribution in [0.3, 0.4) is 0 Å². The van der Waals surface area contributed by atoms with Crippen LogP contribution in [-0.4, -0.2) is 12.3 Å². The van der Waals surface area contributed by atoms with E-state index in [9.17, 15) is 0 Å². The molecule has 0 aliphatic rings. The highest BCUT2D eigenvalue weighted by Crippen LogP contribution is 2.22. The van der Waals surface area contributed by atoms with Gasteiger partial charge in [-0.15, -0.1) is 0 Å². The molecule has 1 heterocycles. The number of methoxy groups -OCH3 is 1. The van der Waals surface area contributed by atoms with Crippen LogP contribution in [0, 0.1) is 0 Å². The first-order valence-electron chi connectivity index (χ1n) is 7.07. The number of benzene rings is 2. The van der Waals surface area contributed by atoms with Crippen molar-refractivity contribution in [3.8, 4) is 17.0 Å². The summed E-state index contributed by atoms with van der Waals surface area (Å²) >= 11 is 0. The van der Waals surface area contributed by atoms with Gasteiger partial charge in [-0.25, -0.2) is 0 Å². The molecule has 3 rings (SSSR count). The van der Waals surface area contributed by atoms with Crippen molar-refractivity contribution in [3.05, 3.63) is 72.0 Å². The molecule has 0 N–H and O–H groups in total. The molecule has 0 unspecified atom stereocenters. The molecule has 0 radical (unpaired) electrons. The molecule has 0 spiro atoms. The van der Waals surface area contributed by atoms with Gasteiger partial charge in [0.05, 0.1) is 13.7 Å². The Bertz CT molecular complexity index is 705. The number of nitrogens with zero attached hydrogens (tertiary/aromatic N) is 1. The summed E-state index contributed by atoms with van der Waals surface area (Å²) in [5.41, 5.74) is 2.91. The van der Waals surface area contributed by atoms with Crippen LogP contribution in [0.1, 0.15) is 11.3 Å². The topological polar surface area (TPSA) is 44.5 Å². The molecule has 0 amide bonds. The molecule has 0 saturated heterocycles. The molecule has 0 atom stereocenters. The van der Waals surface area contributed by atoms with Gasteiger partial charge in [0.2, 0.25) is 0 Å². The number of hydrogen-bond donors (Lipinski definition) is 0. The van der Waals surface area contributed by atoms with Crippen molar-refractivity contribution < 1.29 is 14.0 Å². The zero-order chi connectivity index (χ0) is 15.2. The molecule has 4 nitrogen and oxygen atoms in total. The van der Waals surface area contributed by atoms with Crippen LogP contribution < -0.4 is 4.74 Å². The summed E-state index contributed by atoms with van der Waals surface area (Å²) in [6.45, 7) is 0.956. The zero-order valence-corrected chi connectivity index (χ0v) is 12.4. The van der Waals surface area contributed by atoms with E-state index in [4.69, 9.17) is 14.0 Å². The molecule has 22 heavy (non-hydrogen) atoms. The Kier molecular flexibility index (Phi) is 4.51. The summed E-state index contributed by atoms with van der Waals surface area (Å²) in [7, 11) is 1.65. The summed E-state index contributed by atoms with van der Waals surface area (Å²) in [5.74, 6) is 1.53. The molecular weight excluding hydrogens is 278 g/mol. The normalized spacial score (nSPS) is 10.6. The van der Waals surface area contributed by atoms with E-state index in [1.54, 1.807) is 7.11 Å². The first-order valence-corrected chi connectivity index (χ1v) is 7.07. The van der Waals surface area contributed by atoms with Gasteiger partial charge in [-0.1, -0.05) is 35.5 Å². The minimum Gasteiger partial charge on any atom is -0.497 e. The van der Waals surface area contributed by atoms with Gasteiger partial charge in [0.25, 0.3) is 0 Å². The smallest absolute Gasteiger partial charge is 0.163 e. The second-order valence-corrected chi connectivity index (χ2v) is 4.89. The Morgan fingerprint density at radius 1 is 0.955 bits per heavy atom. The molecule has 0 saturated carbocycles. The minimum atomic E-state index is 0.401. The number of hydrogen-bond acceptors (Lipinski definition) is 4. The van der Waals surface area contributed by atoms with Crippen molar-refractivity contribution in [2.75, 3.05) is 7.11 Å². The highest BCUT2D eigenvalue weighted by atomic mass is 16.5. The van der Waals surface area contributed by atoms with Gasteiger partial charge in [-0.2, -0.15) is 0 Å². The lowest BCUT2D eigenvalue weighted by Gasteiger charge is -2.01. The van der Waals surface area contributed by atoms with Crippen molar-refractivity contribution in [1.82, 2.24) is 5.16 Å². The maximum atomic E-state index is 5.64. The lowest BCUT2D eigenvalue weighted by molar-refractivity contribution is 0.0884. The maximum absolute atomic E-state index is 5.64. The van der Waals surface area contributed by atoms with Gasteiger partial charge in [-0.3, -0.25) is 0 Å². The lowest BCUT2D eigenvalue weighted by atomic mass is 10.1. The number of aromatic nitrogens is 1. The Balaban J connectivity index is 1.58. The fraction of sp³-hybridized carbons (Fsp3) is 0.167. The largest absolute Gasteiger partial charge is 0.497 e. The Labute approximate surface area is 129 Å².